The van der Waals surface area contributed by atoms with Gasteiger partial charge in [0.15, 0.2) is 0 Å². The SMILES string of the molecule is COc1cc(CNCC(=O)N2CCCC2)cc(OC)c1. The average Bonchev–Trinajstić information content (AvgIpc) is 3.01. The van der Waals surface area contributed by atoms with E-state index in [4.69, 9.17) is 9.47 Å². The molecule has 2 rings (SSSR count). The van der Waals surface area contributed by atoms with E-state index in [2.05, 4.69) is 5.32 Å². The number of rotatable bonds is 6. The second-order valence-electron chi connectivity index (χ2n) is 4.91. The minimum Gasteiger partial charge on any atom is -0.497 e. The van der Waals surface area contributed by atoms with Gasteiger partial charge in [-0.1, -0.05) is 0 Å². The van der Waals surface area contributed by atoms with E-state index in [9.17, 15) is 4.79 Å². The highest BCUT2D eigenvalue weighted by Gasteiger charge is 2.16. The topological polar surface area (TPSA) is 50.8 Å². The molecule has 1 fully saturated rings. The Morgan fingerprint density at radius 3 is 2.30 bits per heavy atom. The predicted molar refractivity (Wildman–Crippen MR) is 77.1 cm³/mol. The number of carbonyl (C=O) groups excluding carboxylic acids is 1. The van der Waals surface area contributed by atoms with Gasteiger partial charge in [0, 0.05) is 25.7 Å². The van der Waals surface area contributed by atoms with Crippen LogP contribution in [0.1, 0.15) is 18.4 Å². The van der Waals surface area contributed by atoms with Gasteiger partial charge in [-0.2, -0.15) is 0 Å². The fraction of sp³-hybridized carbons (Fsp3) is 0.533. The van der Waals surface area contributed by atoms with Crippen molar-refractivity contribution in [2.75, 3.05) is 33.9 Å². The standard InChI is InChI=1S/C15H22N2O3/c1-19-13-7-12(8-14(9-13)20-2)10-16-11-15(18)17-5-3-4-6-17/h7-9,16H,3-6,10-11H2,1-2H3. The van der Waals surface area contributed by atoms with Gasteiger partial charge < -0.3 is 19.7 Å². The van der Waals surface area contributed by atoms with Gasteiger partial charge in [-0.05, 0) is 30.5 Å². The monoisotopic (exact) mass is 278 g/mol. The summed E-state index contributed by atoms with van der Waals surface area (Å²) in [6, 6.07) is 5.71. The molecule has 0 aromatic heterocycles. The lowest BCUT2D eigenvalue weighted by atomic mass is 10.2. The molecule has 20 heavy (non-hydrogen) atoms. The number of carbonyl (C=O) groups is 1. The van der Waals surface area contributed by atoms with Gasteiger partial charge in [-0.25, -0.2) is 0 Å². The van der Waals surface area contributed by atoms with E-state index in [0.29, 0.717) is 13.1 Å². The number of hydrogen-bond donors (Lipinski definition) is 1. The molecule has 5 nitrogen and oxygen atoms in total. The molecule has 1 aliphatic heterocycles. The number of nitrogens with one attached hydrogen (secondary N) is 1. The van der Waals surface area contributed by atoms with Gasteiger partial charge >= 0.3 is 0 Å². The Morgan fingerprint density at radius 2 is 1.75 bits per heavy atom. The maximum atomic E-state index is 11.9. The van der Waals surface area contributed by atoms with Crippen molar-refractivity contribution in [3.63, 3.8) is 0 Å². The summed E-state index contributed by atoms with van der Waals surface area (Å²) in [5, 5.41) is 3.18. The molecular weight excluding hydrogens is 256 g/mol. The summed E-state index contributed by atoms with van der Waals surface area (Å²) in [6.07, 6.45) is 2.25. The molecule has 0 saturated carbocycles. The Morgan fingerprint density at radius 1 is 1.15 bits per heavy atom. The van der Waals surface area contributed by atoms with E-state index < -0.39 is 0 Å². The van der Waals surface area contributed by atoms with Crippen molar-refractivity contribution in [1.29, 1.82) is 0 Å². The van der Waals surface area contributed by atoms with E-state index in [0.717, 1.165) is 43.0 Å². The molecule has 0 atom stereocenters. The summed E-state index contributed by atoms with van der Waals surface area (Å²) in [7, 11) is 3.26. The molecule has 0 bridgehead atoms. The minimum atomic E-state index is 0.178. The first-order valence-electron chi connectivity index (χ1n) is 6.93. The third-order valence-corrected chi connectivity index (χ3v) is 3.48. The molecule has 110 valence electrons. The molecule has 5 heteroatoms. The number of benzene rings is 1. The van der Waals surface area contributed by atoms with Gasteiger partial charge in [-0.3, -0.25) is 4.79 Å². The molecule has 0 aliphatic carbocycles. The molecule has 1 aromatic rings. The molecule has 0 radical (unpaired) electrons. The second kappa shape index (κ2) is 7.14. The van der Waals surface area contributed by atoms with Crippen LogP contribution in [0, 0.1) is 0 Å². The number of likely N-dealkylation sites (tertiary alicyclic amines) is 1. The molecule has 1 saturated heterocycles. The zero-order chi connectivity index (χ0) is 14.4. The van der Waals surface area contributed by atoms with Gasteiger partial charge in [0.25, 0.3) is 0 Å². The molecule has 1 aliphatic rings. The summed E-state index contributed by atoms with van der Waals surface area (Å²) in [5.74, 6) is 1.69. The summed E-state index contributed by atoms with van der Waals surface area (Å²) in [6.45, 7) is 2.79. The van der Waals surface area contributed by atoms with Crippen molar-refractivity contribution in [3.8, 4) is 11.5 Å². The van der Waals surface area contributed by atoms with Crippen LogP contribution in [0.3, 0.4) is 0 Å². The van der Waals surface area contributed by atoms with Crippen molar-refractivity contribution in [3.05, 3.63) is 23.8 Å². The normalized spacial score (nSPS) is 14.4. The summed E-state index contributed by atoms with van der Waals surface area (Å²) < 4.78 is 10.4. The molecule has 0 unspecified atom stereocenters. The molecule has 1 N–H and O–H groups in total. The number of amides is 1. The number of ether oxygens (including phenoxy) is 2. The second-order valence-corrected chi connectivity index (χ2v) is 4.91. The first kappa shape index (κ1) is 14.7. The van der Waals surface area contributed by atoms with E-state index in [1.54, 1.807) is 14.2 Å². The zero-order valence-electron chi connectivity index (χ0n) is 12.1. The lowest BCUT2D eigenvalue weighted by molar-refractivity contribution is -0.129. The Labute approximate surface area is 119 Å². The van der Waals surface area contributed by atoms with Crippen molar-refractivity contribution in [2.24, 2.45) is 0 Å². The number of hydrogen-bond acceptors (Lipinski definition) is 4. The number of methoxy groups -OCH3 is 2. The fourth-order valence-corrected chi connectivity index (χ4v) is 2.36. The Balaban J connectivity index is 1.85. The van der Waals surface area contributed by atoms with Crippen molar-refractivity contribution < 1.29 is 14.3 Å². The summed E-state index contributed by atoms with van der Waals surface area (Å²) in [4.78, 5) is 13.8. The Bertz CT molecular complexity index is 434. The number of nitrogens with zero attached hydrogens (tertiary/aromatic N) is 1. The highest BCUT2D eigenvalue weighted by atomic mass is 16.5. The fourth-order valence-electron chi connectivity index (χ4n) is 2.36. The van der Waals surface area contributed by atoms with E-state index >= 15 is 0 Å². The minimum absolute atomic E-state index is 0.178. The van der Waals surface area contributed by atoms with Crippen molar-refractivity contribution in [1.82, 2.24) is 10.2 Å². The quantitative estimate of drug-likeness (QED) is 0.855. The molecule has 1 aromatic carbocycles. The maximum absolute atomic E-state index is 11.9. The Kier molecular flexibility index (Phi) is 5.24. The third-order valence-electron chi connectivity index (χ3n) is 3.48. The van der Waals surface area contributed by atoms with Gasteiger partial charge in [0.05, 0.1) is 20.8 Å². The Hall–Kier alpha value is -1.75. The highest BCUT2D eigenvalue weighted by Crippen LogP contribution is 2.22. The predicted octanol–water partition coefficient (Wildman–Crippen LogP) is 1.42. The maximum Gasteiger partial charge on any atom is 0.236 e. The molecule has 1 amide bonds. The first-order chi connectivity index (χ1) is 9.72. The van der Waals surface area contributed by atoms with Crippen LogP contribution in [0.5, 0.6) is 11.5 Å². The van der Waals surface area contributed by atoms with Crippen molar-refractivity contribution in [2.45, 2.75) is 19.4 Å². The van der Waals surface area contributed by atoms with Crippen molar-refractivity contribution >= 4 is 5.91 Å². The smallest absolute Gasteiger partial charge is 0.236 e. The van der Waals surface area contributed by atoms with Crippen LogP contribution in [0.15, 0.2) is 18.2 Å². The third kappa shape index (κ3) is 3.87. The van der Waals surface area contributed by atoms with Crippen LogP contribution in [0.2, 0.25) is 0 Å². The van der Waals surface area contributed by atoms with Crippen LogP contribution in [-0.2, 0) is 11.3 Å². The average molecular weight is 278 g/mol. The largest absolute Gasteiger partial charge is 0.497 e. The van der Waals surface area contributed by atoms with Crippen LogP contribution in [-0.4, -0.2) is 44.7 Å². The zero-order valence-corrected chi connectivity index (χ0v) is 12.1. The van der Waals surface area contributed by atoms with Gasteiger partial charge in [-0.15, -0.1) is 0 Å². The van der Waals surface area contributed by atoms with E-state index in [-0.39, 0.29) is 5.91 Å². The van der Waals surface area contributed by atoms with Gasteiger partial charge in [0.2, 0.25) is 5.91 Å². The molecule has 1 heterocycles. The van der Waals surface area contributed by atoms with Crippen LogP contribution in [0.4, 0.5) is 0 Å². The van der Waals surface area contributed by atoms with Crippen LogP contribution < -0.4 is 14.8 Å². The highest BCUT2D eigenvalue weighted by molar-refractivity contribution is 5.78. The molecule has 0 spiro atoms. The van der Waals surface area contributed by atoms with Crippen LogP contribution in [0.25, 0.3) is 0 Å². The van der Waals surface area contributed by atoms with Crippen LogP contribution >= 0.6 is 0 Å². The summed E-state index contributed by atoms with van der Waals surface area (Å²) >= 11 is 0. The lowest BCUT2D eigenvalue weighted by Gasteiger charge is -2.15. The van der Waals surface area contributed by atoms with Gasteiger partial charge in [0.1, 0.15) is 11.5 Å². The molecular formula is C15H22N2O3. The summed E-state index contributed by atoms with van der Waals surface area (Å²) in [5.41, 5.74) is 1.04. The lowest BCUT2D eigenvalue weighted by Crippen LogP contribution is -2.35. The van der Waals surface area contributed by atoms with E-state index in [1.807, 2.05) is 23.1 Å². The van der Waals surface area contributed by atoms with E-state index in [1.165, 1.54) is 0 Å². The first-order valence-corrected chi connectivity index (χ1v) is 6.93.